The third kappa shape index (κ3) is 2.72. The first-order valence-corrected chi connectivity index (χ1v) is 5.55. The number of rotatable bonds is 5. The minimum atomic E-state index is -0.761. The molecule has 0 atom stereocenters. The minimum absolute atomic E-state index is 0.164. The molecule has 1 aliphatic carbocycles. The van der Waals surface area contributed by atoms with E-state index in [-0.39, 0.29) is 6.42 Å². The van der Waals surface area contributed by atoms with Gasteiger partial charge in [-0.15, -0.1) is 0 Å². The highest BCUT2D eigenvalue weighted by atomic mass is 16.4. The second-order valence-electron chi connectivity index (χ2n) is 4.28. The van der Waals surface area contributed by atoms with E-state index >= 15 is 0 Å². The Kier molecular flexibility index (Phi) is 3.08. The van der Waals surface area contributed by atoms with Gasteiger partial charge in [-0.3, -0.25) is 9.78 Å². The summed E-state index contributed by atoms with van der Waals surface area (Å²) in [5, 5.41) is 8.62. The highest BCUT2D eigenvalue weighted by Crippen LogP contribution is 2.39. The maximum Gasteiger partial charge on any atom is 0.305 e. The van der Waals surface area contributed by atoms with Crippen molar-refractivity contribution in [1.29, 1.82) is 0 Å². The number of carbonyl (C=O) groups is 1. The standard InChI is InChI=1S/C12H16N2O2/c1-14(7-5-12(15)16)10-4-6-13-11(8-10)9-2-3-9/h4,6,8-9H,2-3,5,7H2,1H3,(H,15,16). The lowest BCUT2D eigenvalue weighted by molar-refractivity contribution is -0.136. The second kappa shape index (κ2) is 4.51. The van der Waals surface area contributed by atoms with Crippen molar-refractivity contribution in [3.8, 4) is 0 Å². The molecule has 0 radical (unpaired) electrons. The molecule has 0 unspecified atom stereocenters. The van der Waals surface area contributed by atoms with Gasteiger partial charge in [-0.05, 0) is 25.0 Å². The van der Waals surface area contributed by atoms with E-state index in [1.807, 2.05) is 18.0 Å². The van der Waals surface area contributed by atoms with Crippen molar-refractivity contribution in [2.24, 2.45) is 0 Å². The maximum atomic E-state index is 10.5. The third-order valence-electron chi connectivity index (χ3n) is 2.86. The molecule has 1 saturated carbocycles. The monoisotopic (exact) mass is 220 g/mol. The predicted octanol–water partition coefficient (Wildman–Crippen LogP) is 1.87. The van der Waals surface area contributed by atoms with Crippen LogP contribution in [0.3, 0.4) is 0 Å². The maximum absolute atomic E-state index is 10.5. The lowest BCUT2D eigenvalue weighted by Gasteiger charge is -2.18. The molecule has 16 heavy (non-hydrogen) atoms. The third-order valence-corrected chi connectivity index (χ3v) is 2.86. The van der Waals surface area contributed by atoms with Gasteiger partial charge in [0.2, 0.25) is 0 Å². The van der Waals surface area contributed by atoms with Gasteiger partial charge in [-0.2, -0.15) is 0 Å². The van der Waals surface area contributed by atoms with Crippen molar-refractivity contribution in [3.05, 3.63) is 24.0 Å². The molecular weight excluding hydrogens is 204 g/mol. The number of hydrogen-bond donors (Lipinski definition) is 1. The Morgan fingerprint density at radius 2 is 2.38 bits per heavy atom. The van der Waals surface area contributed by atoms with Gasteiger partial charge in [-0.1, -0.05) is 0 Å². The summed E-state index contributed by atoms with van der Waals surface area (Å²) in [5.41, 5.74) is 2.19. The average Bonchev–Trinajstić information content (AvgIpc) is 3.10. The van der Waals surface area contributed by atoms with Crippen LogP contribution in [0.15, 0.2) is 18.3 Å². The Bertz CT molecular complexity index is 388. The first-order chi connectivity index (χ1) is 7.66. The number of carboxylic acid groups (broad SMARTS) is 1. The quantitative estimate of drug-likeness (QED) is 0.823. The van der Waals surface area contributed by atoms with Gasteiger partial charge in [0.05, 0.1) is 6.42 Å². The lowest BCUT2D eigenvalue weighted by atomic mass is 10.2. The number of aromatic nitrogens is 1. The molecular formula is C12H16N2O2. The van der Waals surface area contributed by atoms with Crippen molar-refractivity contribution in [1.82, 2.24) is 4.98 Å². The molecule has 0 amide bonds. The van der Waals surface area contributed by atoms with Crippen LogP contribution in [0.1, 0.15) is 30.9 Å². The number of pyridine rings is 1. The van der Waals surface area contributed by atoms with Crippen LogP contribution in [0.4, 0.5) is 5.69 Å². The van der Waals surface area contributed by atoms with Crippen molar-refractivity contribution in [3.63, 3.8) is 0 Å². The van der Waals surface area contributed by atoms with E-state index in [1.54, 1.807) is 6.20 Å². The van der Waals surface area contributed by atoms with E-state index in [4.69, 9.17) is 5.11 Å². The van der Waals surface area contributed by atoms with E-state index in [1.165, 1.54) is 12.8 Å². The summed E-state index contributed by atoms with van der Waals surface area (Å²) in [7, 11) is 1.91. The lowest BCUT2D eigenvalue weighted by Crippen LogP contribution is -2.21. The Balaban J connectivity index is 2.01. The van der Waals surface area contributed by atoms with Crippen LogP contribution in [0.5, 0.6) is 0 Å². The van der Waals surface area contributed by atoms with Crippen LogP contribution in [0.25, 0.3) is 0 Å². The fraction of sp³-hybridized carbons (Fsp3) is 0.500. The Hall–Kier alpha value is -1.58. The van der Waals surface area contributed by atoms with Crippen molar-refractivity contribution in [2.45, 2.75) is 25.2 Å². The van der Waals surface area contributed by atoms with Crippen LogP contribution < -0.4 is 4.90 Å². The highest BCUT2D eigenvalue weighted by molar-refractivity contribution is 5.67. The van der Waals surface area contributed by atoms with E-state index < -0.39 is 5.97 Å². The second-order valence-corrected chi connectivity index (χ2v) is 4.28. The van der Waals surface area contributed by atoms with E-state index in [0.29, 0.717) is 12.5 Å². The van der Waals surface area contributed by atoms with E-state index in [0.717, 1.165) is 11.4 Å². The van der Waals surface area contributed by atoms with Crippen LogP contribution >= 0.6 is 0 Å². The zero-order valence-corrected chi connectivity index (χ0v) is 9.39. The van der Waals surface area contributed by atoms with E-state index in [9.17, 15) is 4.79 Å². The predicted molar refractivity (Wildman–Crippen MR) is 61.7 cm³/mol. The van der Waals surface area contributed by atoms with Gasteiger partial charge in [0, 0.05) is 37.1 Å². The summed E-state index contributed by atoms with van der Waals surface area (Å²) in [6.45, 7) is 0.531. The van der Waals surface area contributed by atoms with Crippen LogP contribution in [-0.2, 0) is 4.79 Å². The average molecular weight is 220 g/mol. The number of carboxylic acids is 1. The van der Waals surface area contributed by atoms with Gasteiger partial charge in [0.15, 0.2) is 0 Å². The largest absolute Gasteiger partial charge is 0.481 e. The molecule has 0 spiro atoms. The van der Waals surface area contributed by atoms with Gasteiger partial charge in [-0.25, -0.2) is 0 Å². The molecule has 1 aromatic rings. The summed E-state index contributed by atoms with van der Waals surface area (Å²) >= 11 is 0. The summed E-state index contributed by atoms with van der Waals surface area (Å²) < 4.78 is 0. The minimum Gasteiger partial charge on any atom is -0.481 e. The molecule has 4 nitrogen and oxygen atoms in total. The number of anilines is 1. The van der Waals surface area contributed by atoms with Crippen molar-refractivity contribution >= 4 is 11.7 Å². The van der Waals surface area contributed by atoms with Gasteiger partial charge >= 0.3 is 5.97 Å². The van der Waals surface area contributed by atoms with Crippen LogP contribution in [0.2, 0.25) is 0 Å². The molecule has 1 aromatic heterocycles. The Morgan fingerprint density at radius 3 is 3.00 bits per heavy atom. The Labute approximate surface area is 94.9 Å². The molecule has 1 heterocycles. The number of hydrogen-bond acceptors (Lipinski definition) is 3. The molecule has 0 saturated heterocycles. The summed E-state index contributed by atoms with van der Waals surface area (Å²) in [6.07, 6.45) is 4.43. The molecule has 0 bridgehead atoms. The fourth-order valence-corrected chi connectivity index (χ4v) is 1.67. The van der Waals surface area contributed by atoms with E-state index in [2.05, 4.69) is 11.1 Å². The Morgan fingerprint density at radius 1 is 1.62 bits per heavy atom. The zero-order chi connectivity index (χ0) is 11.5. The van der Waals surface area contributed by atoms with Crippen molar-refractivity contribution in [2.75, 3.05) is 18.5 Å². The highest BCUT2D eigenvalue weighted by Gasteiger charge is 2.25. The number of aliphatic carboxylic acids is 1. The van der Waals surface area contributed by atoms with Crippen LogP contribution in [0, 0.1) is 0 Å². The normalized spacial score (nSPS) is 14.8. The topological polar surface area (TPSA) is 53.4 Å². The molecule has 86 valence electrons. The number of nitrogens with zero attached hydrogens (tertiary/aromatic N) is 2. The molecule has 0 aromatic carbocycles. The first-order valence-electron chi connectivity index (χ1n) is 5.55. The SMILES string of the molecule is CN(CCC(=O)O)c1ccnc(C2CC2)c1. The zero-order valence-electron chi connectivity index (χ0n) is 9.39. The summed E-state index contributed by atoms with van der Waals surface area (Å²) in [5.74, 6) is -0.129. The fourth-order valence-electron chi connectivity index (χ4n) is 1.67. The van der Waals surface area contributed by atoms with Gasteiger partial charge in [0.1, 0.15) is 0 Å². The van der Waals surface area contributed by atoms with Crippen molar-refractivity contribution < 1.29 is 9.90 Å². The molecule has 1 N–H and O–H groups in total. The smallest absolute Gasteiger partial charge is 0.305 e. The molecule has 0 aliphatic heterocycles. The van der Waals surface area contributed by atoms with Gasteiger partial charge in [0.25, 0.3) is 0 Å². The first kappa shape index (κ1) is 10.9. The molecule has 4 heteroatoms. The summed E-state index contributed by atoms with van der Waals surface area (Å²) in [4.78, 5) is 16.8. The summed E-state index contributed by atoms with van der Waals surface area (Å²) in [6, 6.07) is 3.99. The molecule has 1 aliphatic rings. The molecule has 2 rings (SSSR count). The molecule has 1 fully saturated rings. The van der Waals surface area contributed by atoms with Crippen LogP contribution in [-0.4, -0.2) is 29.7 Å². The van der Waals surface area contributed by atoms with Gasteiger partial charge < -0.3 is 10.0 Å².